The van der Waals surface area contributed by atoms with E-state index in [0.29, 0.717) is 17.9 Å². The van der Waals surface area contributed by atoms with Crippen LogP contribution in [0.3, 0.4) is 0 Å². The van der Waals surface area contributed by atoms with Gasteiger partial charge in [-0.1, -0.05) is 51.1 Å². The summed E-state index contributed by atoms with van der Waals surface area (Å²) in [6.07, 6.45) is 3.12. The van der Waals surface area contributed by atoms with Crippen LogP contribution in [0.2, 0.25) is 0 Å². The number of benzene rings is 1. The molecule has 1 aliphatic rings. The fourth-order valence-corrected chi connectivity index (χ4v) is 3.75. The highest BCUT2D eigenvalue weighted by molar-refractivity contribution is 5.61. The van der Waals surface area contributed by atoms with Crippen molar-refractivity contribution in [1.29, 1.82) is 0 Å². The highest BCUT2D eigenvalue weighted by Gasteiger charge is 2.22. The summed E-state index contributed by atoms with van der Waals surface area (Å²) in [7, 11) is 0. The fourth-order valence-electron chi connectivity index (χ4n) is 3.75. The normalized spacial score (nSPS) is 19.9. The van der Waals surface area contributed by atoms with E-state index in [1.807, 2.05) is 16.8 Å². The minimum absolute atomic E-state index is 0.373. The van der Waals surface area contributed by atoms with Crippen LogP contribution in [-0.4, -0.2) is 33.7 Å². The van der Waals surface area contributed by atoms with E-state index >= 15 is 0 Å². The van der Waals surface area contributed by atoms with Crippen molar-refractivity contribution in [2.75, 3.05) is 23.7 Å². The number of rotatable bonds is 6. The standard InChI is InChI=1S/C22H30N6/c1-15(2)18-13-25-28-21(24-12-17-7-5-4-6-8-17)11-20(27-22(18)28)26-19-14-23-10-9-16(19)3/h4-8,11,13,15-16,19,23-24H,9-10,12,14H2,1-3H3,(H,26,27)/t16-,19-/m1/s1. The molecule has 0 saturated carbocycles. The van der Waals surface area contributed by atoms with Crippen molar-refractivity contribution in [1.82, 2.24) is 19.9 Å². The number of aromatic nitrogens is 3. The van der Waals surface area contributed by atoms with Crippen molar-refractivity contribution in [2.24, 2.45) is 5.92 Å². The van der Waals surface area contributed by atoms with Crippen molar-refractivity contribution in [3.63, 3.8) is 0 Å². The first-order valence-corrected chi connectivity index (χ1v) is 10.3. The molecule has 2 aromatic heterocycles. The van der Waals surface area contributed by atoms with Crippen LogP contribution < -0.4 is 16.0 Å². The maximum Gasteiger partial charge on any atom is 0.163 e. The van der Waals surface area contributed by atoms with Crippen molar-refractivity contribution >= 4 is 17.3 Å². The molecular formula is C22H30N6. The molecule has 6 heteroatoms. The minimum atomic E-state index is 0.373. The number of anilines is 2. The topological polar surface area (TPSA) is 66.3 Å². The predicted molar refractivity (Wildman–Crippen MR) is 115 cm³/mol. The molecule has 1 fully saturated rings. The molecule has 1 saturated heterocycles. The predicted octanol–water partition coefficient (Wildman–Crippen LogP) is 3.87. The summed E-state index contributed by atoms with van der Waals surface area (Å²) in [4.78, 5) is 4.92. The van der Waals surface area contributed by atoms with Gasteiger partial charge in [0.1, 0.15) is 11.6 Å². The van der Waals surface area contributed by atoms with Crippen LogP contribution in [0.5, 0.6) is 0 Å². The maximum atomic E-state index is 4.92. The van der Waals surface area contributed by atoms with Gasteiger partial charge in [0, 0.05) is 30.8 Å². The molecule has 4 rings (SSSR count). The fraction of sp³-hybridized carbons (Fsp3) is 0.455. The van der Waals surface area contributed by atoms with E-state index in [1.165, 1.54) is 17.5 Å². The van der Waals surface area contributed by atoms with Gasteiger partial charge in [0.15, 0.2) is 5.65 Å². The Morgan fingerprint density at radius 1 is 1.25 bits per heavy atom. The summed E-state index contributed by atoms with van der Waals surface area (Å²) in [5.41, 5.74) is 3.33. The van der Waals surface area contributed by atoms with Gasteiger partial charge < -0.3 is 16.0 Å². The third-order valence-electron chi connectivity index (χ3n) is 5.60. The Hall–Kier alpha value is -2.60. The molecule has 0 spiro atoms. The van der Waals surface area contributed by atoms with Crippen LogP contribution >= 0.6 is 0 Å². The van der Waals surface area contributed by atoms with Gasteiger partial charge in [-0.15, -0.1) is 0 Å². The van der Waals surface area contributed by atoms with Gasteiger partial charge in [0.25, 0.3) is 0 Å². The molecule has 0 radical (unpaired) electrons. The second kappa shape index (κ2) is 8.19. The maximum absolute atomic E-state index is 4.92. The quantitative estimate of drug-likeness (QED) is 0.608. The Morgan fingerprint density at radius 3 is 2.82 bits per heavy atom. The Morgan fingerprint density at radius 2 is 2.07 bits per heavy atom. The lowest BCUT2D eigenvalue weighted by molar-refractivity contribution is 0.366. The van der Waals surface area contributed by atoms with Crippen LogP contribution in [0.15, 0.2) is 42.6 Å². The van der Waals surface area contributed by atoms with E-state index in [2.05, 4.69) is 72.2 Å². The van der Waals surface area contributed by atoms with Crippen LogP contribution in [0.4, 0.5) is 11.6 Å². The zero-order valence-electron chi connectivity index (χ0n) is 16.9. The molecule has 0 aliphatic carbocycles. The van der Waals surface area contributed by atoms with Gasteiger partial charge in [0.2, 0.25) is 0 Å². The number of nitrogens with one attached hydrogen (secondary N) is 3. The van der Waals surface area contributed by atoms with Gasteiger partial charge in [-0.05, 0) is 30.4 Å². The molecule has 1 aromatic carbocycles. The molecule has 2 atom stereocenters. The van der Waals surface area contributed by atoms with Gasteiger partial charge in [0.05, 0.1) is 6.20 Å². The summed E-state index contributed by atoms with van der Waals surface area (Å²) in [5.74, 6) is 2.86. The molecule has 6 nitrogen and oxygen atoms in total. The molecule has 1 aliphatic heterocycles. The molecule has 0 unspecified atom stereocenters. The van der Waals surface area contributed by atoms with Gasteiger partial charge in [-0.25, -0.2) is 4.98 Å². The smallest absolute Gasteiger partial charge is 0.163 e. The van der Waals surface area contributed by atoms with Gasteiger partial charge in [-0.3, -0.25) is 0 Å². The molecule has 3 N–H and O–H groups in total. The third kappa shape index (κ3) is 3.97. The molecule has 3 aromatic rings. The molecule has 3 heterocycles. The summed E-state index contributed by atoms with van der Waals surface area (Å²) in [6, 6.07) is 12.9. The van der Waals surface area contributed by atoms with E-state index in [1.54, 1.807) is 0 Å². The van der Waals surface area contributed by atoms with E-state index in [-0.39, 0.29) is 0 Å². The molecule has 0 amide bonds. The van der Waals surface area contributed by atoms with Crippen LogP contribution in [0.25, 0.3) is 5.65 Å². The van der Waals surface area contributed by atoms with Crippen molar-refractivity contribution < 1.29 is 0 Å². The number of hydrogen-bond donors (Lipinski definition) is 3. The average Bonchev–Trinajstić information content (AvgIpc) is 3.13. The van der Waals surface area contributed by atoms with Gasteiger partial charge >= 0.3 is 0 Å². The Kier molecular flexibility index (Phi) is 5.48. The van der Waals surface area contributed by atoms with Crippen LogP contribution in [0.1, 0.15) is 44.2 Å². The second-order valence-electron chi connectivity index (χ2n) is 8.08. The summed E-state index contributed by atoms with van der Waals surface area (Å²) in [6.45, 7) is 9.49. The summed E-state index contributed by atoms with van der Waals surface area (Å²) < 4.78 is 1.92. The van der Waals surface area contributed by atoms with E-state index in [9.17, 15) is 0 Å². The van der Waals surface area contributed by atoms with Gasteiger partial charge in [-0.2, -0.15) is 9.61 Å². The highest BCUT2D eigenvalue weighted by atomic mass is 15.3. The molecule has 0 bridgehead atoms. The van der Waals surface area contributed by atoms with Crippen LogP contribution in [-0.2, 0) is 6.54 Å². The largest absolute Gasteiger partial charge is 0.366 e. The summed E-state index contributed by atoms with van der Waals surface area (Å²) in [5, 5.41) is 15.3. The van der Waals surface area contributed by atoms with Crippen molar-refractivity contribution in [2.45, 2.75) is 45.7 Å². The monoisotopic (exact) mass is 378 g/mol. The Labute approximate surface area is 166 Å². The molecular weight excluding hydrogens is 348 g/mol. The lowest BCUT2D eigenvalue weighted by Gasteiger charge is -2.30. The minimum Gasteiger partial charge on any atom is -0.366 e. The average molecular weight is 379 g/mol. The zero-order chi connectivity index (χ0) is 19.5. The summed E-state index contributed by atoms with van der Waals surface area (Å²) >= 11 is 0. The van der Waals surface area contributed by atoms with E-state index < -0.39 is 0 Å². The first kappa shape index (κ1) is 18.7. The Bertz CT molecular complexity index is 917. The highest BCUT2D eigenvalue weighted by Crippen LogP contribution is 2.25. The van der Waals surface area contributed by atoms with Crippen molar-refractivity contribution in [3.05, 3.63) is 53.7 Å². The lowest BCUT2D eigenvalue weighted by atomic mass is 9.95. The van der Waals surface area contributed by atoms with E-state index in [0.717, 1.165) is 36.9 Å². The van der Waals surface area contributed by atoms with Crippen LogP contribution in [0, 0.1) is 5.92 Å². The number of nitrogens with zero attached hydrogens (tertiary/aromatic N) is 3. The SMILES string of the molecule is CC(C)c1cnn2c(NCc3ccccc3)cc(N[C@@H]3CNCC[C@H]3C)nc12. The molecule has 148 valence electrons. The second-order valence-corrected chi connectivity index (χ2v) is 8.08. The number of fused-ring (bicyclic) bond motifs is 1. The third-order valence-corrected chi connectivity index (χ3v) is 5.60. The first-order valence-electron chi connectivity index (χ1n) is 10.3. The number of hydrogen-bond acceptors (Lipinski definition) is 5. The molecule has 28 heavy (non-hydrogen) atoms. The van der Waals surface area contributed by atoms with E-state index in [4.69, 9.17) is 4.98 Å². The van der Waals surface area contributed by atoms with Crippen molar-refractivity contribution in [3.8, 4) is 0 Å². The first-order chi connectivity index (χ1) is 13.6. The Balaban J connectivity index is 1.65. The number of piperidine rings is 1. The lowest BCUT2D eigenvalue weighted by Crippen LogP contribution is -2.44. The zero-order valence-corrected chi connectivity index (χ0v) is 16.9.